The highest BCUT2D eigenvalue weighted by atomic mass is 32.2. The van der Waals surface area contributed by atoms with Gasteiger partial charge in [0.1, 0.15) is 11.3 Å². The van der Waals surface area contributed by atoms with Gasteiger partial charge in [-0.2, -0.15) is 5.01 Å². The van der Waals surface area contributed by atoms with Gasteiger partial charge in [-0.3, -0.25) is 25.1 Å². The Kier molecular flexibility index (Phi) is 5.48. The Morgan fingerprint density at radius 3 is 2.78 bits per heavy atom. The molecule has 27 heavy (non-hydrogen) atoms. The first-order chi connectivity index (χ1) is 13.0. The van der Waals surface area contributed by atoms with E-state index in [1.54, 1.807) is 30.4 Å². The second-order valence-electron chi connectivity index (χ2n) is 5.13. The van der Waals surface area contributed by atoms with Crippen LogP contribution in [-0.4, -0.2) is 26.1 Å². The van der Waals surface area contributed by atoms with Crippen molar-refractivity contribution < 1.29 is 18.9 Å². The number of allylic oxidation sites excluding steroid dienone is 2. The normalized spacial score (nSPS) is 15.7. The van der Waals surface area contributed by atoms with Crippen molar-refractivity contribution in [2.24, 2.45) is 0 Å². The molecule has 10 heteroatoms. The number of hydrogen-bond donors (Lipinski definition) is 1. The van der Waals surface area contributed by atoms with Gasteiger partial charge in [-0.05, 0) is 42.6 Å². The van der Waals surface area contributed by atoms with Crippen molar-refractivity contribution >= 4 is 51.9 Å². The first-order valence-corrected chi connectivity index (χ1v) is 8.72. The second kappa shape index (κ2) is 7.98. The maximum atomic E-state index is 12.4. The number of carbonyl (C=O) groups excluding carboxylic acids is 2. The summed E-state index contributed by atoms with van der Waals surface area (Å²) < 4.78 is 5.26. The molecule has 0 aliphatic carbocycles. The molecular formula is C17H11N3O5S2. The summed E-state index contributed by atoms with van der Waals surface area (Å²) in [5, 5.41) is 11.9. The number of hydrogen-bond acceptors (Lipinski definition) is 7. The Balaban J connectivity index is 1.74. The molecule has 0 spiro atoms. The number of hydrazine groups is 1. The molecule has 1 saturated heterocycles. The lowest BCUT2D eigenvalue weighted by Crippen LogP contribution is -2.45. The van der Waals surface area contributed by atoms with Crippen molar-refractivity contribution in [1.82, 2.24) is 10.4 Å². The molecule has 0 unspecified atom stereocenters. The molecule has 1 fully saturated rings. The lowest BCUT2D eigenvalue weighted by atomic mass is 10.2. The minimum Gasteiger partial charge on any atom is -0.465 e. The molecule has 0 atom stereocenters. The molecule has 3 rings (SSSR count). The first kappa shape index (κ1) is 18.5. The number of nitro groups is 1. The SMILES string of the molecule is O=C(NN1C(=O)/C(=C/C=C/c2ccco2)SC1=S)c1ccccc1[N+](=O)[O-]. The van der Waals surface area contributed by atoms with Crippen LogP contribution in [0.1, 0.15) is 16.1 Å². The van der Waals surface area contributed by atoms with Crippen LogP contribution in [0.5, 0.6) is 0 Å². The Bertz CT molecular complexity index is 982. The van der Waals surface area contributed by atoms with Gasteiger partial charge in [0.05, 0.1) is 16.1 Å². The Morgan fingerprint density at radius 2 is 2.07 bits per heavy atom. The summed E-state index contributed by atoms with van der Waals surface area (Å²) >= 11 is 6.12. The van der Waals surface area contributed by atoms with Crippen molar-refractivity contribution in [3.63, 3.8) is 0 Å². The van der Waals surface area contributed by atoms with E-state index in [0.717, 1.165) is 16.8 Å². The van der Waals surface area contributed by atoms with E-state index in [1.165, 1.54) is 30.5 Å². The van der Waals surface area contributed by atoms with Crippen molar-refractivity contribution in [1.29, 1.82) is 0 Å². The summed E-state index contributed by atoms with van der Waals surface area (Å²) in [5.41, 5.74) is 1.79. The largest absolute Gasteiger partial charge is 0.465 e. The molecule has 1 aliphatic heterocycles. The number of amides is 2. The van der Waals surface area contributed by atoms with E-state index in [1.807, 2.05) is 0 Å². The maximum Gasteiger partial charge on any atom is 0.285 e. The Labute approximate surface area is 162 Å². The van der Waals surface area contributed by atoms with E-state index < -0.39 is 16.7 Å². The fraction of sp³-hybridized carbons (Fsp3) is 0. The fourth-order valence-corrected chi connectivity index (χ4v) is 3.31. The average molecular weight is 401 g/mol. The van der Waals surface area contributed by atoms with E-state index in [2.05, 4.69) is 5.43 Å². The van der Waals surface area contributed by atoms with E-state index >= 15 is 0 Å². The Morgan fingerprint density at radius 1 is 1.30 bits per heavy atom. The maximum absolute atomic E-state index is 12.4. The molecule has 2 amide bonds. The van der Waals surface area contributed by atoms with Crippen LogP contribution in [0.3, 0.4) is 0 Å². The number of thioether (sulfide) groups is 1. The zero-order valence-electron chi connectivity index (χ0n) is 13.5. The summed E-state index contributed by atoms with van der Waals surface area (Å²) in [7, 11) is 0. The monoisotopic (exact) mass is 401 g/mol. The molecule has 2 heterocycles. The number of rotatable bonds is 5. The van der Waals surface area contributed by atoms with Crippen molar-refractivity contribution in [2.75, 3.05) is 0 Å². The number of carbonyl (C=O) groups is 2. The highest BCUT2D eigenvalue weighted by molar-refractivity contribution is 8.26. The molecule has 1 aliphatic rings. The smallest absolute Gasteiger partial charge is 0.285 e. The number of nitrogens with one attached hydrogen (secondary N) is 1. The number of thiocarbonyl (C=S) groups is 1. The molecule has 1 aromatic carbocycles. The van der Waals surface area contributed by atoms with Crippen LogP contribution in [0.25, 0.3) is 6.08 Å². The van der Waals surface area contributed by atoms with E-state index in [-0.39, 0.29) is 15.6 Å². The van der Waals surface area contributed by atoms with Gasteiger partial charge < -0.3 is 4.42 Å². The van der Waals surface area contributed by atoms with E-state index in [9.17, 15) is 19.7 Å². The summed E-state index contributed by atoms with van der Waals surface area (Å²) in [4.78, 5) is 35.5. The molecule has 0 radical (unpaired) electrons. The highest BCUT2D eigenvalue weighted by Crippen LogP contribution is 2.30. The molecule has 2 aromatic rings. The number of nitrogens with zero attached hydrogens (tertiary/aromatic N) is 2. The predicted octanol–water partition coefficient (Wildman–Crippen LogP) is 3.29. The van der Waals surface area contributed by atoms with Gasteiger partial charge in [0.25, 0.3) is 17.5 Å². The molecule has 0 saturated carbocycles. The Hall–Kier alpha value is -3.24. The molecular weight excluding hydrogens is 390 g/mol. The minimum absolute atomic E-state index is 0.115. The van der Waals surface area contributed by atoms with Crippen LogP contribution < -0.4 is 5.43 Å². The van der Waals surface area contributed by atoms with Gasteiger partial charge >= 0.3 is 0 Å². The van der Waals surface area contributed by atoms with Crippen LogP contribution in [0.2, 0.25) is 0 Å². The zero-order chi connectivity index (χ0) is 19.4. The minimum atomic E-state index is -0.800. The third-order valence-electron chi connectivity index (χ3n) is 3.40. The topological polar surface area (TPSA) is 106 Å². The summed E-state index contributed by atoms with van der Waals surface area (Å²) in [5.74, 6) is -0.710. The molecule has 1 N–H and O–H groups in total. The molecule has 0 bridgehead atoms. The summed E-state index contributed by atoms with van der Waals surface area (Å²) in [6.45, 7) is 0. The van der Waals surface area contributed by atoms with Gasteiger partial charge in [-0.25, -0.2) is 0 Å². The molecule has 8 nitrogen and oxygen atoms in total. The number of benzene rings is 1. The van der Waals surface area contributed by atoms with Crippen molar-refractivity contribution in [2.45, 2.75) is 0 Å². The third kappa shape index (κ3) is 4.13. The zero-order valence-corrected chi connectivity index (χ0v) is 15.2. The lowest BCUT2D eigenvalue weighted by Gasteiger charge is -2.15. The van der Waals surface area contributed by atoms with Crippen LogP contribution in [0.4, 0.5) is 5.69 Å². The van der Waals surface area contributed by atoms with Crippen molar-refractivity contribution in [3.8, 4) is 0 Å². The third-order valence-corrected chi connectivity index (χ3v) is 4.72. The van der Waals surface area contributed by atoms with Gasteiger partial charge in [-0.15, -0.1) is 0 Å². The molecule has 136 valence electrons. The predicted molar refractivity (Wildman–Crippen MR) is 103 cm³/mol. The van der Waals surface area contributed by atoms with Crippen molar-refractivity contribution in [3.05, 3.63) is 81.2 Å². The fourth-order valence-electron chi connectivity index (χ4n) is 2.18. The second-order valence-corrected chi connectivity index (χ2v) is 6.80. The quantitative estimate of drug-likeness (QED) is 0.355. The van der Waals surface area contributed by atoms with E-state index in [0.29, 0.717) is 10.7 Å². The lowest BCUT2D eigenvalue weighted by molar-refractivity contribution is -0.385. The van der Waals surface area contributed by atoms with Gasteiger partial charge in [0, 0.05) is 6.07 Å². The molecule has 1 aromatic heterocycles. The average Bonchev–Trinajstić information content (AvgIpc) is 3.26. The highest BCUT2D eigenvalue weighted by Gasteiger charge is 2.34. The number of furan rings is 1. The van der Waals surface area contributed by atoms with Crippen LogP contribution in [-0.2, 0) is 4.79 Å². The van der Waals surface area contributed by atoms with Crippen LogP contribution in [0.15, 0.2) is 64.1 Å². The summed E-state index contributed by atoms with van der Waals surface area (Å²) in [6, 6.07) is 8.93. The number of nitro benzene ring substituents is 1. The number of para-hydroxylation sites is 1. The summed E-state index contributed by atoms with van der Waals surface area (Å²) in [6.07, 6.45) is 6.35. The van der Waals surface area contributed by atoms with Gasteiger partial charge in [0.15, 0.2) is 4.32 Å². The van der Waals surface area contributed by atoms with E-state index in [4.69, 9.17) is 16.6 Å². The van der Waals surface area contributed by atoms with Crippen LogP contribution >= 0.6 is 24.0 Å². The van der Waals surface area contributed by atoms with Gasteiger partial charge in [0.2, 0.25) is 0 Å². The van der Waals surface area contributed by atoms with Crippen LogP contribution in [0, 0.1) is 10.1 Å². The van der Waals surface area contributed by atoms with Gasteiger partial charge in [-0.1, -0.05) is 30.0 Å². The first-order valence-electron chi connectivity index (χ1n) is 7.50. The standard InChI is InChI=1S/C17H11N3O5S2/c21-15(12-7-1-2-8-13(12)20(23)24)18-19-16(22)14(27-17(19)26)9-3-5-11-6-4-10-25-11/h1-10H,(H,18,21)/b5-3+,14-9-.